The van der Waals surface area contributed by atoms with Gasteiger partial charge in [-0.15, -0.1) is 0 Å². The highest BCUT2D eigenvalue weighted by Gasteiger charge is 2.30. The largest absolute Gasteiger partial charge is 0.493 e. The molecule has 3 atom stereocenters. The van der Waals surface area contributed by atoms with Gasteiger partial charge in [-0.2, -0.15) is 0 Å². The molecular weight excluding hydrogens is 492 g/mol. The third-order valence-corrected chi connectivity index (χ3v) is 8.38. The lowest BCUT2D eigenvalue weighted by atomic mass is 9.88. The van der Waals surface area contributed by atoms with Crippen molar-refractivity contribution in [3.05, 3.63) is 76.3 Å². The monoisotopic (exact) mass is 526 g/mol. The third-order valence-electron chi connectivity index (χ3n) is 8.38. The number of aryl methyl sites for hydroxylation is 2. The molecule has 0 spiro atoms. The summed E-state index contributed by atoms with van der Waals surface area (Å²) in [6, 6.07) is 16.8. The Balaban J connectivity index is 1.20. The standard InChI is InChI=1S/C33H34O6/c1-19-10-26(37-16-22-6-8-25(34)13-22)11-20(2)32(19)29-5-3-4-28-23(18-39-33(28)29)12-21-7-9-27-24(15-31(35)36)17-38-30(27)14-21/h3-5,7,9-11,14,22-24H,6,8,12-13,15-18H2,1-2H3,(H,35,36)/t22?,23-,24-/m1/s1. The molecule has 1 aliphatic carbocycles. The van der Waals surface area contributed by atoms with Gasteiger partial charge in [0.2, 0.25) is 0 Å². The topological polar surface area (TPSA) is 82.1 Å². The summed E-state index contributed by atoms with van der Waals surface area (Å²) in [6.45, 7) is 5.85. The minimum atomic E-state index is -0.801. The normalized spacial score (nSPS) is 21.3. The fourth-order valence-corrected chi connectivity index (χ4v) is 6.47. The number of Topliss-reactive ketones (excluding diaryl/α,β-unsaturated/α-hetero) is 1. The number of aliphatic carboxylic acids is 1. The number of benzene rings is 3. The highest BCUT2D eigenvalue weighted by molar-refractivity contribution is 5.81. The van der Waals surface area contributed by atoms with E-state index >= 15 is 0 Å². The van der Waals surface area contributed by atoms with Crippen LogP contribution in [-0.2, 0) is 16.0 Å². The molecule has 0 amide bonds. The molecule has 0 saturated heterocycles. The number of carboxylic acids is 1. The van der Waals surface area contributed by atoms with Crippen LogP contribution in [0.4, 0.5) is 0 Å². The van der Waals surface area contributed by atoms with Gasteiger partial charge in [-0.3, -0.25) is 9.59 Å². The van der Waals surface area contributed by atoms with Crippen molar-refractivity contribution in [1.29, 1.82) is 0 Å². The molecule has 1 saturated carbocycles. The summed E-state index contributed by atoms with van der Waals surface area (Å²) in [5, 5.41) is 9.18. The minimum Gasteiger partial charge on any atom is -0.493 e. The number of hydrogen-bond donors (Lipinski definition) is 1. The lowest BCUT2D eigenvalue weighted by Gasteiger charge is -2.17. The van der Waals surface area contributed by atoms with E-state index in [1.165, 1.54) is 11.1 Å². The van der Waals surface area contributed by atoms with Crippen molar-refractivity contribution in [1.82, 2.24) is 0 Å². The van der Waals surface area contributed by atoms with Crippen molar-refractivity contribution >= 4 is 11.8 Å². The fraction of sp³-hybridized carbons (Fsp3) is 0.394. The first kappa shape index (κ1) is 25.5. The van der Waals surface area contributed by atoms with Crippen LogP contribution in [0.25, 0.3) is 11.1 Å². The zero-order valence-corrected chi connectivity index (χ0v) is 22.5. The molecule has 3 aliphatic rings. The van der Waals surface area contributed by atoms with Gasteiger partial charge in [0, 0.05) is 47.3 Å². The smallest absolute Gasteiger partial charge is 0.304 e. The van der Waals surface area contributed by atoms with Crippen LogP contribution in [-0.4, -0.2) is 36.7 Å². The number of ether oxygens (including phenoxy) is 3. The van der Waals surface area contributed by atoms with Crippen LogP contribution in [0, 0.1) is 19.8 Å². The van der Waals surface area contributed by atoms with Crippen molar-refractivity contribution in [2.45, 2.75) is 57.8 Å². The molecule has 1 N–H and O–H groups in total. The average molecular weight is 527 g/mol. The number of carbonyl (C=O) groups excluding carboxylic acids is 1. The predicted octanol–water partition coefficient (Wildman–Crippen LogP) is 6.39. The maximum absolute atomic E-state index is 11.6. The number of para-hydroxylation sites is 1. The molecule has 2 heterocycles. The molecule has 0 radical (unpaired) electrons. The van der Waals surface area contributed by atoms with E-state index in [2.05, 4.69) is 56.3 Å². The van der Waals surface area contributed by atoms with E-state index in [9.17, 15) is 14.7 Å². The lowest BCUT2D eigenvalue weighted by Crippen LogP contribution is -2.09. The van der Waals surface area contributed by atoms with E-state index in [0.717, 1.165) is 57.9 Å². The van der Waals surface area contributed by atoms with Gasteiger partial charge in [-0.05, 0) is 67.1 Å². The average Bonchev–Trinajstić information content (AvgIpc) is 3.61. The molecule has 1 unspecified atom stereocenters. The Hall–Kier alpha value is -3.80. The zero-order chi connectivity index (χ0) is 27.1. The molecule has 1 fully saturated rings. The van der Waals surface area contributed by atoms with Gasteiger partial charge in [0.1, 0.15) is 23.0 Å². The Labute approximate surface area is 228 Å². The molecule has 2 aliphatic heterocycles. The number of carboxylic acid groups (broad SMARTS) is 1. The number of rotatable bonds is 8. The van der Waals surface area contributed by atoms with E-state index in [1.807, 2.05) is 6.07 Å². The zero-order valence-electron chi connectivity index (χ0n) is 22.5. The molecule has 0 bridgehead atoms. The third kappa shape index (κ3) is 5.12. The first-order valence-corrected chi connectivity index (χ1v) is 13.8. The maximum Gasteiger partial charge on any atom is 0.304 e. The second-order valence-electron chi connectivity index (χ2n) is 11.3. The summed E-state index contributed by atoms with van der Waals surface area (Å²) in [7, 11) is 0. The molecule has 202 valence electrons. The second-order valence-corrected chi connectivity index (χ2v) is 11.3. The van der Waals surface area contributed by atoms with Gasteiger partial charge in [-0.1, -0.05) is 30.3 Å². The summed E-state index contributed by atoms with van der Waals surface area (Å²) in [5.74, 6) is 2.62. The van der Waals surface area contributed by atoms with Crippen molar-refractivity contribution in [3.63, 3.8) is 0 Å². The number of ketones is 1. The first-order valence-electron chi connectivity index (χ1n) is 13.8. The first-order chi connectivity index (χ1) is 18.9. The van der Waals surface area contributed by atoms with Gasteiger partial charge in [0.15, 0.2) is 0 Å². The van der Waals surface area contributed by atoms with Crippen LogP contribution in [0.15, 0.2) is 48.5 Å². The fourth-order valence-electron chi connectivity index (χ4n) is 6.47. The summed E-state index contributed by atoms with van der Waals surface area (Å²) < 4.78 is 18.3. The number of carbonyl (C=O) groups is 2. The minimum absolute atomic E-state index is 0.0835. The Morgan fingerprint density at radius 1 is 1.00 bits per heavy atom. The Morgan fingerprint density at radius 2 is 1.79 bits per heavy atom. The highest BCUT2D eigenvalue weighted by Crippen LogP contribution is 2.46. The molecule has 6 rings (SSSR count). The van der Waals surface area contributed by atoms with Crippen molar-refractivity contribution < 1.29 is 28.9 Å². The van der Waals surface area contributed by atoms with Gasteiger partial charge in [0.25, 0.3) is 0 Å². The van der Waals surface area contributed by atoms with Crippen molar-refractivity contribution in [3.8, 4) is 28.4 Å². The van der Waals surface area contributed by atoms with E-state index in [4.69, 9.17) is 14.2 Å². The van der Waals surface area contributed by atoms with E-state index < -0.39 is 5.97 Å². The van der Waals surface area contributed by atoms with Crippen LogP contribution in [0.3, 0.4) is 0 Å². The number of hydrogen-bond acceptors (Lipinski definition) is 5. The molecule has 39 heavy (non-hydrogen) atoms. The molecular formula is C33H34O6. The van der Waals surface area contributed by atoms with Crippen LogP contribution < -0.4 is 14.2 Å². The van der Waals surface area contributed by atoms with Crippen LogP contribution in [0.1, 0.15) is 65.3 Å². The molecule has 3 aromatic carbocycles. The van der Waals surface area contributed by atoms with Crippen molar-refractivity contribution in [2.75, 3.05) is 19.8 Å². The van der Waals surface area contributed by atoms with Gasteiger partial charge in [0.05, 0.1) is 26.2 Å². The van der Waals surface area contributed by atoms with Crippen LogP contribution in [0.2, 0.25) is 0 Å². The lowest BCUT2D eigenvalue weighted by molar-refractivity contribution is -0.137. The van der Waals surface area contributed by atoms with E-state index in [1.54, 1.807) is 0 Å². The highest BCUT2D eigenvalue weighted by atomic mass is 16.5. The van der Waals surface area contributed by atoms with Crippen LogP contribution >= 0.6 is 0 Å². The Bertz CT molecular complexity index is 1420. The summed E-state index contributed by atoms with van der Waals surface area (Å²) in [6.07, 6.45) is 3.15. The van der Waals surface area contributed by atoms with Crippen LogP contribution in [0.5, 0.6) is 17.2 Å². The molecule has 0 aromatic heterocycles. The Morgan fingerprint density at radius 3 is 2.54 bits per heavy atom. The quantitative estimate of drug-likeness (QED) is 0.366. The van der Waals surface area contributed by atoms with E-state index in [0.29, 0.717) is 44.4 Å². The van der Waals surface area contributed by atoms with Gasteiger partial charge < -0.3 is 19.3 Å². The Kier molecular flexibility index (Phi) is 6.79. The predicted molar refractivity (Wildman–Crippen MR) is 148 cm³/mol. The van der Waals surface area contributed by atoms with E-state index in [-0.39, 0.29) is 18.3 Å². The molecule has 6 nitrogen and oxygen atoms in total. The maximum atomic E-state index is 11.6. The van der Waals surface area contributed by atoms with Gasteiger partial charge in [-0.25, -0.2) is 0 Å². The summed E-state index contributed by atoms with van der Waals surface area (Å²) in [4.78, 5) is 22.8. The second kappa shape index (κ2) is 10.4. The summed E-state index contributed by atoms with van der Waals surface area (Å²) >= 11 is 0. The van der Waals surface area contributed by atoms with Gasteiger partial charge >= 0.3 is 5.97 Å². The summed E-state index contributed by atoms with van der Waals surface area (Å²) in [5.41, 5.74) is 7.91. The molecule has 6 heteroatoms. The molecule has 3 aromatic rings. The number of fused-ring (bicyclic) bond motifs is 2. The SMILES string of the molecule is Cc1cc(OCC2CCC(=O)C2)cc(C)c1-c1cccc2c1OC[C@H]2Cc1ccc2c(c1)OC[C@H]2CC(=O)O. The van der Waals surface area contributed by atoms with Crippen molar-refractivity contribution in [2.24, 2.45) is 5.92 Å².